The Bertz CT molecular complexity index is 101. The van der Waals surface area contributed by atoms with Gasteiger partial charge in [0.15, 0.2) is 0 Å². The third-order valence-electron chi connectivity index (χ3n) is 1.63. The molecule has 0 amide bonds. The summed E-state index contributed by atoms with van der Waals surface area (Å²) in [6.45, 7) is 1.39. The standard InChI is InChI=1S/C5H13O3P3/c9-7-3-5-4(8-11-10)1-2-6-5/h4-5,11H,1-3,9-10H2/t4-,5-/m1/s1. The number of hydrogen-bond donors (Lipinski definition) is 0. The highest BCUT2D eigenvalue weighted by Gasteiger charge is 2.28. The first-order chi connectivity index (χ1) is 5.38. The molecule has 66 valence electrons. The predicted molar refractivity (Wildman–Crippen MR) is 52.9 cm³/mol. The van der Waals surface area contributed by atoms with Crippen LogP contribution in [0.25, 0.3) is 0 Å². The summed E-state index contributed by atoms with van der Waals surface area (Å²) in [5.74, 6) is 0. The largest absolute Gasteiger partial charge is 0.373 e. The summed E-state index contributed by atoms with van der Waals surface area (Å²) in [4.78, 5) is 0. The third-order valence-corrected chi connectivity index (χ3v) is 2.67. The van der Waals surface area contributed by atoms with Crippen LogP contribution in [0.4, 0.5) is 0 Å². The number of hydrogen-bond acceptors (Lipinski definition) is 3. The molecule has 0 bridgehead atoms. The van der Waals surface area contributed by atoms with Crippen LogP contribution in [-0.4, -0.2) is 25.4 Å². The van der Waals surface area contributed by atoms with E-state index < -0.39 is 0 Å². The van der Waals surface area contributed by atoms with E-state index in [9.17, 15) is 0 Å². The maximum Gasteiger partial charge on any atom is 0.108 e. The zero-order valence-electron chi connectivity index (χ0n) is 6.16. The van der Waals surface area contributed by atoms with Gasteiger partial charge in [-0.15, -0.1) is 0 Å². The summed E-state index contributed by atoms with van der Waals surface area (Å²) < 4.78 is 15.7. The fourth-order valence-corrected chi connectivity index (χ4v) is 2.26. The minimum Gasteiger partial charge on any atom is -0.373 e. The van der Waals surface area contributed by atoms with Crippen LogP contribution in [0.15, 0.2) is 0 Å². The lowest BCUT2D eigenvalue weighted by Crippen LogP contribution is -2.25. The Kier molecular flexibility index (Phi) is 5.36. The molecule has 0 aliphatic carbocycles. The van der Waals surface area contributed by atoms with Crippen LogP contribution in [0.5, 0.6) is 0 Å². The molecule has 0 radical (unpaired) electrons. The first kappa shape index (κ1) is 10.3. The summed E-state index contributed by atoms with van der Waals surface area (Å²) in [5, 5.41) is 0. The second-order valence-corrected chi connectivity index (χ2v) is 3.82. The molecule has 1 fully saturated rings. The van der Waals surface area contributed by atoms with Crippen molar-refractivity contribution in [3.63, 3.8) is 0 Å². The van der Waals surface area contributed by atoms with Crippen molar-refractivity contribution >= 4 is 26.9 Å². The molecule has 0 saturated carbocycles. The average Bonchev–Trinajstić information content (AvgIpc) is 2.39. The quantitative estimate of drug-likeness (QED) is 0.661. The Balaban J connectivity index is 2.25. The van der Waals surface area contributed by atoms with Gasteiger partial charge in [0.2, 0.25) is 0 Å². The van der Waals surface area contributed by atoms with Crippen LogP contribution in [0.2, 0.25) is 0 Å². The highest BCUT2D eigenvalue weighted by Crippen LogP contribution is 2.30. The predicted octanol–water partition coefficient (Wildman–Crippen LogP) is 1.35. The summed E-state index contributed by atoms with van der Waals surface area (Å²) in [6.07, 6.45) is 1.34. The van der Waals surface area contributed by atoms with Crippen molar-refractivity contribution in [3.8, 4) is 0 Å². The van der Waals surface area contributed by atoms with Crippen LogP contribution in [0.3, 0.4) is 0 Å². The van der Waals surface area contributed by atoms with Crippen molar-refractivity contribution in [2.24, 2.45) is 0 Å². The zero-order chi connectivity index (χ0) is 8.10. The first-order valence-corrected chi connectivity index (χ1v) is 6.62. The van der Waals surface area contributed by atoms with Gasteiger partial charge in [0.25, 0.3) is 0 Å². The Hall–Kier alpha value is 1.17. The smallest absolute Gasteiger partial charge is 0.108 e. The van der Waals surface area contributed by atoms with Crippen molar-refractivity contribution in [3.05, 3.63) is 0 Å². The van der Waals surface area contributed by atoms with E-state index in [1.165, 1.54) is 0 Å². The monoisotopic (exact) mass is 214 g/mol. The zero-order valence-corrected chi connectivity index (χ0v) is 9.46. The maximum atomic E-state index is 5.44. The lowest BCUT2D eigenvalue weighted by atomic mass is 10.2. The topological polar surface area (TPSA) is 27.7 Å². The van der Waals surface area contributed by atoms with Gasteiger partial charge in [0.05, 0.1) is 12.7 Å². The van der Waals surface area contributed by atoms with Gasteiger partial charge >= 0.3 is 0 Å². The molecule has 0 aromatic heterocycles. The average molecular weight is 214 g/mol. The van der Waals surface area contributed by atoms with E-state index in [-0.39, 0.29) is 12.2 Å². The van der Waals surface area contributed by atoms with Gasteiger partial charge in [-0.05, 0) is 6.42 Å². The molecule has 0 aromatic carbocycles. The third kappa shape index (κ3) is 3.19. The van der Waals surface area contributed by atoms with E-state index in [0.29, 0.717) is 15.1 Å². The molecular weight excluding hydrogens is 201 g/mol. The fraction of sp³-hybridized carbons (Fsp3) is 1.00. The molecule has 0 spiro atoms. The van der Waals surface area contributed by atoms with Gasteiger partial charge in [-0.1, -0.05) is 8.93 Å². The molecule has 1 aliphatic rings. The lowest BCUT2D eigenvalue weighted by Gasteiger charge is -2.16. The summed E-state index contributed by atoms with van der Waals surface area (Å²) >= 11 is 0. The minimum atomic E-state index is 0.126. The van der Waals surface area contributed by atoms with Crippen LogP contribution in [-0.2, 0) is 13.8 Å². The first-order valence-electron chi connectivity index (χ1n) is 3.43. The van der Waals surface area contributed by atoms with Gasteiger partial charge in [0.1, 0.15) is 6.10 Å². The lowest BCUT2D eigenvalue weighted by molar-refractivity contribution is 0.0305. The van der Waals surface area contributed by atoms with E-state index in [1.54, 1.807) is 0 Å². The molecule has 11 heavy (non-hydrogen) atoms. The fourth-order valence-electron chi connectivity index (χ4n) is 1.10. The molecule has 6 heteroatoms. The number of rotatable bonds is 4. The summed E-state index contributed by atoms with van der Waals surface area (Å²) in [6, 6.07) is 0. The van der Waals surface area contributed by atoms with Gasteiger partial charge in [-0.3, -0.25) is 0 Å². The van der Waals surface area contributed by atoms with Gasteiger partial charge in [-0.25, -0.2) is 0 Å². The van der Waals surface area contributed by atoms with E-state index >= 15 is 0 Å². The van der Waals surface area contributed by atoms with Crippen molar-refractivity contribution in [2.75, 3.05) is 13.2 Å². The molecule has 3 unspecified atom stereocenters. The van der Waals surface area contributed by atoms with Crippen molar-refractivity contribution in [2.45, 2.75) is 18.6 Å². The molecule has 5 atom stereocenters. The van der Waals surface area contributed by atoms with Crippen molar-refractivity contribution in [1.29, 1.82) is 0 Å². The second-order valence-electron chi connectivity index (χ2n) is 2.31. The maximum absolute atomic E-state index is 5.44. The van der Waals surface area contributed by atoms with Crippen LogP contribution in [0.1, 0.15) is 6.42 Å². The summed E-state index contributed by atoms with van der Waals surface area (Å²) in [7, 11) is 5.25. The molecular formula is C5H13O3P3. The van der Waals surface area contributed by atoms with Gasteiger partial charge in [0, 0.05) is 24.6 Å². The van der Waals surface area contributed by atoms with Crippen molar-refractivity contribution < 1.29 is 13.8 Å². The Morgan fingerprint density at radius 3 is 3.09 bits per heavy atom. The highest BCUT2D eigenvalue weighted by atomic mass is 32.0. The summed E-state index contributed by atoms with van der Waals surface area (Å²) in [5.41, 5.74) is 0. The van der Waals surface area contributed by atoms with Gasteiger partial charge in [-0.2, -0.15) is 0 Å². The van der Waals surface area contributed by atoms with E-state index in [1.807, 2.05) is 0 Å². The Morgan fingerprint density at radius 2 is 2.45 bits per heavy atom. The Morgan fingerprint density at radius 1 is 1.64 bits per heavy atom. The molecule has 1 saturated heterocycles. The normalized spacial score (nSPS) is 32.2. The van der Waals surface area contributed by atoms with Crippen molar-refractivity contribution in [1.82, 2.24) is 0 Å². The van der Waals surface area contributed by atoms with Gasteiger partial charge < -0.3 is 13.8 Å². The molecule has 1 heterocycles. The van der Waals surface area contributed by atoms with Crippen LogP contribution >= 0.6 is 26.9 Å². The molecule has 0 aromatic rings. The molecule has 1 rings (SSSR count). The number of ether oxygens (including phenoxy) is 1. The molecule has 3 nitrogen and oxygen atoms in total. The highest BCUT2D eigenvalue weighted by molar-refractivity contribution is 8.00. The van der Waals surface area contributed by atoms with E-state index in [4.69, 9.17) is 13.8 Å². The second kappa shape index (κ2) is 5.75. The van der Waals surface area contributed by atoms with E-state index in [2.05, 4.69) is 18.4 Å². The van der Waals surface area contributed by atoms with Crippen LogP contribution in [0, 0.1) is 0 Å². The SMILES string of the molecule is POC[C@H]1OCC[C@H]1OPP. The molecule has 0 N–H and O–H groups in total. The Labute approximate surface area is 73.2 Å². The molecule has 1 aliphatic heterocycles. The minimum absolute atomic E-state index is 0.126. The van der Waals surface area contributed by atoms with Crippen LogP contribution < -0.4 is 0 Å². The van der Waals surface area contributed by atoms with E-state index in [0.717, 1.165) is 13.0 Å².